The molecule has 0 saturated heterocycles. The first-order chi connectivity index (χ1) is 8.16. The highest BCUT2D eigenvalue weighted by molar-refractivity contribution is 7.98. The number of nitrogen functional groups attached to an aromatic ring is 1. The molecule has 1 aromatic carbocycles. The number of nitrogens with two attached hydrogens (primary N) is 1. The minimum atomic E-state index is 0.556. The molecule has 0 atom stereocenters. The van der Waals surface area contributed by atoms with Crippen molar-refractivity contribution in [1.82, 2.24) is 9.97 Å². The van der Waals surface area contributed by atoms with Gasteiger partial charge in [0, 0.05) is 5.75 Å². The van der Waals surface area contributed by atoms with E-state index in [0.29, 0.717) is 15.7 Å². The summed E-state index contributed by atoms with van der Waals surface area (Å²) in [6.45, 7) is 0. The lowest BCUT2D eigenvalue weighted by Gasteiger charge is -2.04. The predicted molar refractivity (Wildman–Crippen MR) is 72.5 cm³/mol. The van der Waals surface area contributed by atoms with Crippen LogP contribution in [0, 0.1) is 0 Å². The molecule has 0 fully saturated rings. The lowest BCUT2D eigenvalue weighted by Crippen LogP contribution is -1.93. The van der Waals surface area contributed by atoms with Crippen LogP contribution in [0.15, 0.2) is 35.7 Å². The monoisotopic (exact) mass is 285 g/mol. The third-order valence-corrected chi connectivity index (χ3v) is 3.89. The van der Waals surface area contributed by atoms with Crippen LogP contribution in [0.25, 0.3) is 0 Å². The number of thioether (sulfide) groups is 1. The first-order valence-electron chi connectivity index (χ1n) is 4.79. The highest BCUT2D eigenvalue weighted by Crippen LogP contribution is 2.28. The van der Waals surface area contributed by atoms with Gasteiger partial charge in [0.25, 0.3) is 0 Å². The molecule has 0 aliphatic carbocycles. The molecule has 3 nitrogen and oxygen atoms in total. The Balaban J connectivity index is 2.08. The fourth-order valence-corrected chi connectivity index (χ4v) is 2.38. The van der Waals surface area contributed by atoms with E-state index in [2.05, 4.69) is 9.97 Å². The maximum Gasteiger partial charge on any atom is 0.123 e. The number of hydrogen-bond donors (Lipinski definition) is 1. The van der Waals surface area contributed by atoms with Gasteiger partial charge in [-0.2, -0.15) is 0 Å². The summed E-state index contributed by atoms with van der Waals surface area (Å²) in [4.78, 5) is 7.94. The number of aromatic nitrogens is 2. The van der Waals surface area contributed by atoms with Gasteiger partial charge in [0.2, 0.25) is 0 Å². The normalized spacial score (nSPS) is 10.5. The van der Waals surface area contributed by atoms with E-state index in [9.17, 15) is 0 Å². The van der Waals surface area contributed by atoms with Crippen molar-refractivity contribution in [3.8, 4) is 0 Å². The summed E-state index contributed by atoms with van der Waals surface area (Å²) in [6, 6.07) is 5.55. The van der Waals surface area contributed by atoms with Crippen LogP contribution in [0.2, 0.25) is 10.0 Å². The molecule has 0 unspecified atom stereocenters. The number of hydrogen-bond acceptors (Lipinski definition) is 4. The van der Waals surface area contributed by atoms with Gasteiger partial charge in [-0.1, -0.05) is 41.0 Å². The van der Waals surface area contributed by atoms with E-state index in [-0.39, 0.29) is 0 Å². The first kappa shape index (κ1) is 12.5. The third-order valence-electron chi connectivity index (χ3n) is 2.06. The van der Waals surface area contributed by atoms with Crippen LogP contribution in [0.1, 0.15) is 5.56 Å². The van der Waals surface area contributed by atoms with Crippen LogP contribution in [-0.4, -0.2) is 9.97 Å². The Bertz CT molecular complexity index is 534. The van der Waals surface area contributed by atoms with E-state index < -0.39 is 0 Å². The Labute approximate surface area is 113 Å². The summed E-state index contributed by atoms with van der Waals surface area (Å²) >= 11 is 13.3. The van der Waals surface area contributed by atoms with Crippen LogP contribution >= 0.6 is 35.0 Å². The second-order valence-electron chi connectivity index (χ2n) is 3.32. The molecular weight excluding hydrogens is 277 g/mol. The molecule has 0 saturated carbocycles. The maximum atomic E-state index is 5.94. The highest BCUT2D eigenvalue weighted by Gasteiger charge is 2.04. The van der Waals surface area contributed by atoms with Crippen molar-refractivity contribution >= 4 is 40.7 Å². The molecule has 2 N–H and O–H groups in total. The largest absolute Gasteiger partial charge is 0.395 e. The Hall–Kier alpha value is -0.970. The molecule has 2 aromatic rings. The van der Waals surface area contributed by atoms with E-state index in [1.54, 1.807) is 12.3 Å². The lowest BCUT2D eigenvalue weighted by atomic mass is 10.2. The van der Waals surface area contributed by atoms with E-state index in [4.69, 9.17) is 28.9 Å². The summed E-state index contributed by atoms with van der Waals surface area (Å²) in [5.74, 6) is 0.734. The summed E-state index contributed by atoms with van der Waals surface area (Å²) in [5.41, 5.74) is 7.40. The number of anilines is 1. The van der Waals surface area contributed by atoms with Gasteiger partial charge in [-0.25, -0.2) is 9.97 Å². The Morgan fingerprint density at radius 3 is 2.76 bits per heavy atom. The van der Waals surface area contributed by atoms with Gasteiger partial charge in [-0.05, 0) is 17.7 Å². The fraction of sp³-hybridized carbons (Fsp3) is 0.0909. The summed E-state index contributed by atoms with van der Waals surface area (Å²) in [5, 5.41) is 1.88. The Morgan fingerprint density at radius 2 is 2.06 bits per heavy atom. The molecular formula is C11H9Cl2N3S. The highest BCUT2D eigenvalue weighted by atomic mass is 35.5. The molecule has 1 aromatic heterocycles. The van der Waals surface area contributed by atoms with Crippen LogP contribution in [0.5, 0.6) is 0 Å². The molecule has 6 heteroatoms. The van der Waals surface area contributed by atoms with Crippen LogP contribution < -0.4 is 5.73 Å². The van der Waals surface area contributed by atoms with Gasteiger partial charge in [0.05, 0.1) is 21.9 Å². The predicted octanol–water partition coefficient (Wildman–Crippen LogP) is 3.66. The molecule has 0 radical (unpaired) electrons. The third kappa shape index (κ3) is 3.25. The average molecular weight is 286 g/mol. The first-order valence-corrected chi connectivity index (χ1v) is 6.53. The summed E-state index contributed by atoms with van der Waals surface area (Å²) < 4.78 is 0. The van der Waals surface area contributed by atoms with Crippen molar-refractivity contribution in [3.05, 3.63) is 46.3 Å². The molecule has 17 heavy (non-hydrogen) atoms. The Morgan fingerprint density at radius 1 is 1.24 bits per heavy atom. The van der Waals surface area contributed by atoms with Gasteiger partial charge in [-0.3, -0.25) is 0 Å². The maximum absolute atomic E-state index is 5.94. The number of nitrogens with zero attached hydrogens (tertiary/aromatic N) is 2. The van der Waals surface area contributed by atoms with E-state index in [1.807, 2.05) is 12.1 Å². The Kier molecular flexibility index (Phi) is 4.10. The van der Waals surface area contributed by atoms with Gasteiger partial charge >= 0.3 is 0 Å². The average Bonchev–Trinajstić information content (AvgIpc) is 2.32. The van der Waals surface area contributed by atoms with Gasteiger partial charge in [0.1, 0.15) is 11.4 Å². The smallest absolute Gasteiger partial charge is 0.123 e. The molecule has 88 valence electrons. The van der Waals surface area contributed by atoms with Crippen molar-refractivity contribution in [1.29, 1.82) is 0 Å². The number of halogens is 2. The molecule has 0 bridgehead atoms. The lowest BCUT2D eigenvalue weighted by molar-refractivity contribution is 1.05. The van der Waals surface area contributed by atoms with Crippen LogP contribution in [-0.2, 0) is 5.75 Å². The van der Waals surface area contributed by atoms with Crippen LogP contribution in [0.3, 0.4) is 0 Å². The zero-order chi connectivity index (χ0) is 12.3. The second kappa shape index (κ2) is 5.58. The van der Waals surface area contributed by atoms with Crippen molar-refractivity contribution in [2.75, 3.05) is 5.73 Å². The minimum Gasteiger partial charge on any atom is -0.395 e. The molecule has 0 spiro atoms. The summed E-state index contributed by atoms with van der Waals surface area (Å²) in [6.07, 6.45) is 3.07. The van der Waals surface area contributed by atoms with E-state index in [0.717, 1.165) is 16.3 Å². The van der Waals surface area contributed by atoms with Crippen LogP contribution in [0.4, 0.5) is 5.69 Å². The van der Waals surface area contributed by atoms with Crippen molar-refractivity contribution < 1.29 is 0 Å². The second-order valence-corrected chi connectivity index (χ2v) is 5.10. The van der Waals surface area contributed by atoms with Crippen molar-refractivity contribution in [3.63, 3.8) is 0 Å². The van der Waals surface area contributed by atoms with E-state index in [1.165, 1.54) is 18.1 Å². The number of benzene rings is 1. The topological polar surface area (TPSA) is 51.8 Å². The molecule has 0 aliphatic rings. The van der Waals surface area contributed by atoms with Gasteiger partial charge in [0.15, 0.2) is 0 Å². The molecule has 1 heterocycles. The minimum absolute atomic E-state index is 0.556. The quantitative estimate of drug-likeness (QED) is 0.691. The molecule has 0 aliphatic heterocycles. The zero-order valence-electron chi connectivity index (χ0n) is 8.73. The fourth-order valence-electron chi connectivity index (χ4n) is 1.23. The summed E-state index contributed by atoms with van der Waals surface area (Å²) in [7, 11) is 0. The molecule has 0 amide bonds. The van der Waals surface area contributed by atoms with Gasteiger partial charge in [-0.15, -0.1) is 0 Å². The number of rotatable bonds is 3. The van der Waals surface area contributed by atoms with Crippen molar-refractivity contribution in [2.24, 2.45) is 0 Å². The molecule has 2 rings (SSSR count). The van der Waals surface area contributed by atoms with Gasteiger partial charge < -0.3 is 5.73 Å². The standard InChI is InChI=1S/C11H9Cl2N3S/c12-8-2-1-7(3-9(8)13)5-17-11-10(14)4-15-6-16-11/h1-4,6H,5,14H2. The SMILES string of the molecule is Nc1cncnc1SCc1ccc(Cl)c(Cl)c1. The van der Waals surface area contributed by atoms with Crippen molar-refractivity contribution in [2.45, 2.75) is 10.8 Å². The zero-order valence-corrected chi connectivity index (χ0v) is 11.1. The van der Waals surface area contributed by atoms with E-state index >= 15 is 0 Å².